The highest BCUT2D eigenvalue weighted by Gasteiger charge is 2.45. The maximum atomic E-state index is 12.5. The summed E-state index contributed by atoms with van der Waals surface area (Å²) >= 11 is 0. The Morgan fingerprint density at radius 3 is 2.44 bits per heavy atom. The molecule has 2 aromatic carbocycles. The lowest BCUT2D eigenvalue weighted by molar-refractivity contribution is 0.530. The van der Waals surface area contributed by atoms with Crippen LogP contribution < -0.4 is 4.83 Å². The molecule has 2 fully saturated rings. The number of nitrogens with one attached hydrogen (secondary N) is 1. The first kappa shape index (κ1) is 16.3. The van der Waals surface area contributed by atoms with Gasteiger partial charge in [0, 0.05) is 11.6 Å². The standard InChI is InChI=1S/C20H22N2O2S/c1-14-7-11-18(12-8-14)25(23,24)22-21-20-17-10-9-16(13-17)19(20)15-5-3-2-4-6-15/h2-8,11-12,16-17,19,22H,9-10,13H2,1H3. The summed E-state index contributed by atoms with van der Waals surface area (Å²) in [5.41, 5.74) is 3.27. The first-order valence-corrected chi connectivity index (χ1v) is 10.2. The summed E-state index contributed by atoms with van der Waals surface area (Å²) in [6, 6.07) is 17.2. The fraction of sp³-hybridized carbons (Fsp3) is 0.350. The topological polar surface area (TPSA) is 58.5 Å². The van der Waals surface area contributed by atoms with Crippen LogP contribution in [-0.4, -0.2) is 14.1 Å². The monoisotopic (exact) mass is 354 g/mol. The van der Waals surface area contributed by atoms with Gasteiger partial charge >= 0.3 is 0 Å². The molecule has 0 heterocycles. The highest BCUT2D eigenvalue weighted by molar-refractivity contribution is 7.89. The molecule has 2 aliphatic rings. The fourth-order valence-corrected chi connectivity index (χ4v) is 5.06. The molecule has 25 heavy (non-hydrogen) atoms. The zero-order chi connectivity index (χ0) is 17.4. The van der Waals surface area contributed by atoms with Gasteiger partial charge in [-0.15, -0.1) is 0 Å². The molecule has 0 aliphatic heterocycles. The molecular weight excluding hydrogens is 332 g/mol. The quantitative estimate of drug-likeness (QED) is 0.848. The van der Waals surface area contributed by atoms with E-state index in [4.69, 9.17) is 0 Å². The molecule has 1 N–H and O–H groups in total. The highest BCUT2D eigenvalue weighted by Crippen LogP contribution is 2.51. The van der Waals surface area contributed by atoms with E-state index >= 15 is 0 Å². The van der Waals surface area contributed by atoms with Crippen molar-refractivity contribution in [3.63, 3.8) is 0 Å². The predicted molar refractivity (Wildman–Crippen MR) is 98.9 cm³/mol. The van der Waals surface area contributed by atoms with Gasteiger partial charge in [-0.05, 0) is 55.7 Å². The molecule has 0 radical (unpaired) electrons. The number of hydrazone groups is 1. The van der Waals surface area contributed by atoms with Gasteiger partial charge < -0.3 is 0 Å². The van der Waals surface area contributed by atoms with E-state index in [0.717, 1.165) is 24.1 Å². The third-order valence-electron chi connectivity index (χ3n) is 5.47. The minimum atomic E-state index is -3.62. The first-order chi connectivity index (χ1) is 12.0. The van der Waals surface area contributed by atoms with Crippen molar-refractivity contribution in [2.45, 2.75) is 37.0 Å². The number of hydrogen-bond donors (Lipinski definition) is 1. The van der Waals surface area contributed by atoms with Gasteiger partial charge in [-0.1, -0.05) is 48.0 Å². The summed E-state index contributed by atoms with van der Waals surface area (Å²) in [6.45, 7) is 1.93. The number of sulfonamides is 1. The molecule has 0 spiro atoms. The third kappa shape index (κ3) is 3.09. The molecular formula is C20H22N2O2S. The molecule has 130 valence electrons. The minimum Gasteiger partial charge on any atom is -0.200 e. The summed E-state index contributed by atoms with van der Waals surface area (Å²) in [5.74, 6) is 1.21. The summed E-state index contributed by atoms with van der Waals surface area (Å²) in [4.78, 5) is 2.73. The van der Waals surface area contributed by atoms with Crippen molar-refractivity contribution in [1.82, 2.24) is 4.83 Å². The van der Waals surface area contributed by atoms with Crippen molar-refractivity contribution in [2.75, 3.05) is 0 Å². The molecule has 0 amide bonds. The van der Waals surface area contributed by atoms with E-state index < -0.39 is 10.0 Å². The van der Waals surface area contributed by atoms with Gasteiger partial charge in [0.2, 0.25) is 0 Å². The Balaban J connectivity index is 1.62. The SMILES string of the molecule is Cc1ccc(S(=O)(=O)NN=C2C3CCC(C3)C2c2ccccc2)cc1. The molecule has 3 unspecified atom stereocenters. The Labute approximate surface area is 149 Å². The lowest BCUT2D eigenvalue weighted by Gasteiger charge is -2.24. The molecule has 0 aromatic heterocycles. The second kappa shape index (κ2) is 6.30. The van der Waals surface area contributed by atoms with Crippen molar-refractivity contribution < 1.29 is 8.42 Å². The van der Waals surface area contributed by atoms with Crippen molar-refractivity contribution >= 4 is 15.7 Å². The number of fused-ring (bicyclic) bond motifs is 2. The van der Waals surface area contributed by atoms with E-state index in [0.29, 0.717) is 11.8 Å². The van der Waals surface area contributed by atoms with Crippen LogP contribution in [0.1, 0.15) is 36.3 Å². The molecule has 0 saturated heterocycles. The van der Waals surface area contributed by atoms with Crippen molar-refractivity contribution in [3.05, 3.63) is 65.7 Å². The van der Waals surface area contributed by atoms with Crippen LogP contribution in [0.4, 0.5) is 0 Å². The highest BCUT2D eigenvalue weighted by atomic mass is 32.2. The molecule has 2 saturated carbocycles. The molecule has 4 nitrogen and oxygen atoms in total. The van der Waals surface area contributed by atoms with Gasteiger partial charge in [0.15, 0.2) is 0 Å². The van der Waals surface area contributed by atoms with Crippen LogP contribution in [0.2, 0.25) is 0 Å². The van der Waals surface area contributed by atoms with Gasteiger partial charge in [0.05, 0.1) is 4.90 Å². The van der Waals surface area contributed by atoms with E-state index in [2.05, 4.69) is 22.1 Å². The van der Waals surface area contributed by atoms with Crippen LogP contribution >= 0.6 is 0 Å². The number of nitrogens with zero attached hydrogens (tertiary/aromatic N) is 1. The average molecular weight is 354 g/mol. The number of rotatable bonds is 4. The van der Waals surface area contributed by atoms with Crippen LogP contribution in [0.5, 0.6) is 0 Å². The number of benzene rings is 2. The minimum absolute atomic E-state index is 0.237. The Kier molecular flexibility index (Phi) is 4.12. The first-order valence-electron chi connectivity index (χ1n) is 8.75. The molecule has 2 aliphatic carbocycles. The number of aryl methyl sites for hydroxylation is 1. The van der Waals surface area contributed by atoms with Gasteiger partial charge in [-0.3, -0.25) is 0 Å². The second-order valence-corrected chi connectivity index (χ2v) is 8.76. The zero-order valence-corrected chi connectivity index (χ0v) is 15.0. The predicted octanol–water partition coefficient (Wildman–Crippen LogP) is 3.84. The lowest BCUT2D eigenvalue weighted by atomic mass is 9.82. The molecule has 5 heteroatoms. The van der Waals surface area contributed by atoms with Gasteiger partial charge in [-0.2, -0.15) is 13.5 Å². The van der Waals surface area contributed by atoms with Gasteiger partial charge in [0.1, 0.15) is 0 Å². The largest absolute Gasteiger partial charge is 0.276 e. The van der Waals surface area contributed by atoms with Crippen molar-refractivity contribution in [1.29, 1.82) is 0 Å². The van der Waals surface area contributed by atoms with E-state index in [1.54, 1.807) is 24.3 Å². The Hall–Kier alpha value is -2.14. The molecule has 2 aromatic rings. The van der Waals surface area contributed by atoms with Crippen molar-refractivity contribution in [2.24, 2.45) is 16.9 Å². The Morgan fingerprint density at radius 1 is 1.00 bits per heavy atom. The second-order valence-electron chi connectivity index (χ2n) is 7.10. The van der Waals surface area contributed by atoms with E-state index in [9.17, 15) is 8.42 Å². The Morgan fingerprint density at radius 2 is 1.72 bits per heavy atom. The zero-order valence-electron chi connectivity index (χ0n) is 14.2. The summed E-state index contributed by atoms with van der Waals surface area (Å²) in [6.07, 6.45) is 3.43. The lowest BCUT2D eigenvalue weighted by Crippen LogP contribution is -2.26. The van der Waals surface area contributed by atoms with Crippen LogP contribution in [0.3, 0.4) is 0 Å². The summed E-state index contributed by atoms with van der Waals surface area (Å²) in [7, 11) is -3.62. The average Bonchev–Trinajstić information content (AvgIpc) is 3.22. The summed E-state index contributed by atoms with van der Waals surface area (Å²) in [5, 5.41) is 4.41. The summed E-state index contributed by atoms with van der Waals surface area (Å²) < 4.78 is 25.1. The van der Waals surface area contributed by atoms with Crippen LogP contribution in [0, 0.1) is 18.8 Å². The smallest absolute Gasteiger partial charge is 0.200 e. The Bertz CT molecular complexity index is 889. The van der Waals surface area contributed by atoms with Gasteiger partial charge in [0.25, 0.3) is 10.0 Å². The van der Waals surface area contributed by atoms with E-state index in [-0.39, 0.29) is 10.8 Å². The normalized spacial score (nSPS) is 26.9. The van der Waals surface area contributed by atoms with Gasteiger partial charge in [-0.25, -0.2) is 4.83 Å². The van der Waals surface area contributed by atoms with E-state index in [1.165, 1.54) is 12.0 Å². The number of hydrogen-bond acceptors (Lipinski definition) is 3. The maximum Gasteiger partial charge on any atom is 0.276 e. The molecule has 2 bridgehead atoms. The van der Waals surface area contributed by atoms with Crippen LogP contribution in [0.15, 0.2) is 64.6 Å². The van der Waals surface area contributed by atoms with Crippen LogP contribution in [-0.2, 0) is 10.0 Å². The molecule has 4 rings (SSSR count). The molecule has 3 atom stereocenters. The third-order valence-corrected chi connectivity index (χ3v) is 6.69. The van der Waals surface area contributed by atoms with E-state index in [1.807, 2.05) is 25.1 Å². The fourth-order valence-electron chi connectivity index (χ4n) is 4.23. The van der Waals surface area contributed by atoms with Crippen LogP contribution in [0.25, 0.3) is 0 Å². The maximum absolute atomic E-state index is 12.5. The van der Waals surface area contributed by atoms with Crippen molar-refractivity contribution in [3.8, 4) is 0 Å².